The minimum Gasteiger partial charge on any atom is -0.507 e. The fourth-order valence-electron chi connectivity index (χ4n) is 1.86. The number of halogens is 2. The van der Waals surface area contributed by atoms with Crippen molar-refractivity contribution >= 4 is 15.9 Å². The molecule has 0 aliphatic rings. The summed E-state index contributed by atoms with van der Waals surface area (Å²) in [7, 11) is 0. The first kappa shape index (κ1) is 13.8. The minimum atomic E-state index is -0.486. The summed E-state index contributed by atoms with van der Waals surface area (Å²) < 4.78 is 19.3. The van der Waals surface area contributed by atoms with Crippen LogP contribution in [0.25, 0.3) is 22.8 Å². The maximum Gasteiger partial charge on any atom is 0.262 e. The second-order valence-corrected chi connectivity index (χ2v) is 5.40. The lowest BCUT2D eigenvalue weighted by atomic mass is 10.1. The van der Waals surface area contributed by atoms with E-state index in [0.29, 0.717) is 5.82 Å². The van der Waals surface area contributed by atoms with Crippen LogP contribution in [0.4, 0.5) is 4.39 Å². The summed E-state index contributed by atoms with van der Waals surface area (Å²) in [5.74, 6) is -0.162. The first-order valence-corrected chi connectivity index (χ1v) is 6.93. The molecule has 0 amide bonds. The first-order chi connectivity index (χ1) is 10.0. The molecule has 2 aromatic carbocycles. The molecule has 0 fully saturated rings. The van der Waals surface area contributed by atoms with E-state index in [1.807, 2.05) is 25.1 Å². The van der Waals surface area contributed by atoms with Crippen LogP contribution in [0.3, 0.4) is 0 Å². The molecule has 6 heteroatoms. The predicted octanol–water partition coefficient (Wildman–Crippen LogP) is 4.32. The Morgan fingerprint density at radius 1 is 1.19 bits per heavy atom. The van der Waals surface area contributed by atoms with Crippen LogP contribution in [0.5, 0.6) is 5.75 Å². The average molecular weight is 349 g/mol. The quantitative estimate of drug-likeness (QED) is 0.749. The van der Waals surface area contributed by atoms with Crippen LogP contribution in [0, 0.1) is 12.7 Å². The highest BCUT2D eigenvalue weighted by Crippen LogP contribution is 2.30. The Morgan fingerprint density at radius 3 is 2.76 bits per heavy atom. The van der Waals surface area contributed by atoms with Crippen molar-refractivity contribution in [3.05, 3.63) is 52.3 Å². The Labute approximate surface area is 128 Å². The van der Waals surface area contributed by atoms with Crippen LogP contribution in [0.2, 0.25) is 0 Å². The van der Waals surface area contributed by atoms with E-state index in [9.17, 15) is 9.50 Å². The normalized spacial score (nSPS) is 10.8. The molecule has 3 rings (SSSR count). The molecule has 106 valence electrons. The molecule has 3 aromatic rings. The van der Waals surface area contributed by atoms with Gasteiger partial charge in [0, 0.05) is 10.0 Å². The van der Waals surface area contributed by atoms with Gasteiger partial charge in [-0.2, -0.15) is 4.98 Å². The SMILES string of the molecule is Cc1ccc(-c2noc(-c3cc(F)ccc3O)n2)cc1Br. The van der Waals surface area contributed by atoms with Gasteiger partial charge in [0.05, 0.1) is 5.56 Å². The Balaban J connectivity index is 2.03. The topological polar surface area (TPSA) is 59.2 Å². The molecular formula is C15H10BrFN2O2. The van der Waals surface area contributed by atoms with Crippen molar-refractivity contribution in [1.29, 1.82) is 0 Å². The van der Waals surface area contributed by atoms with Crippen molar-refractivity contribution in [3.63, 3.8) is 0 Å². The van der Waals surface area contributed by atoms with Gasteiger partial charge in [-0.25, -0.2) is 4.39 Å². The predicted molar refractivity (Wildman–Crippen MR) is 79.2 cm³/mol. The van der Waals surface area contributed by atoms with Gasteiger partial charge in [0.15, 0.2) is 0 Å². The van der Waals surface area contributed by atoms with E-state index in [0.717, 1.165) is 27.7 Å². The van der Waals surface area contributed by atoms with Crippen molar-refractivity contribution in [3.8, 4) is 28.6 Å². The van der Waals surface area contributed by atoms with Crippen LogP contribution in [0.15, 0.2) is 45.4 Å². The summed E-state index contributed by atoms with van der Waals surface area (Å²) >= 11 is 3.44. The maximum absolute atomic E-state index is 13.3. The lowest BCUT2D eigenvalue weighted by molar-refractivity contribution is 0.425. The Morgan fingerprint density at radius 2 is 2.00 bits per heavy atom. The second kappa shape index (κ2) is 5.29. The summed E-state index contributed by atoms with van der Waals surface area (Å²) in [6.07, 6.45) is 0. The van der Waals surface area contributed by atoms with Gasteiger partial charge in [0.1, 0.15) is 11.6 Å². The largest absolute Gasteiger partial charge is 0.507 e. The number of nitrogens with zero attached hydrogens (tertiary/aromatic N) is 2. The number of aryl methyl sites for hydroxylation is 1. The number of aromatic hydroxyl groups is 1. The molecule has 0 spiro atoms. The molecule has 0 aliphatic heterocycles. The molecular weight excluding hydrogens is 339 g/mol. The van der Waals surface area contributed by atoms with Gasteiger partial charge in [-0.15, -0.1) is 0 Å². The lowest BCUT2D eigenvalue weighted by Gasteiger charge is -2.00. The number of phenols is 1. The monoisotopic (exact) mass is 348 g/mol. The highest BCUT2D eigenvalue weighted by atomic mass is 79.9. The summed E-state index contributed by atoms with van der Waals surface area (Å²) in [6, 6.07) is 9.21. The molecule has 0 saturated heterocycles. The fourth-order valence-corrected chi connectivity index (χ4v) is 2.24. The van der Waals surface area contributed by atoms with E-state index in [-0.39, 0.29) is 17.2 Å². The van der Waals surface area contributed by atoms with Crippen LogP contribution in [-0.4, -0.2) is 15.2 Å². The van der Waals surface area contributed by atoms with E-state index in [4.69, 9.17) is 4.52 Å². The van der Waals surface area contributed by atoms with Gasteiger partial charge in [-0.05, 0) is 36.8 Å². The molecule has 0 bridgehead atoms. The number of benzene rings is 2. The zero-order valence-electron chi connectivity index (χ0n) is 11.0. The lowest BCUT2D eigenvalue weighted by Crippen LogP contribution is -1.84. The number of rotatable bonds is 2. The van der Waals surface area contributed by atoms with Crippen LogP contribution < -0.4 is 0 Å². The molecule has 0 unspecified atom stereocenters. The van der Waals surface area contributed by atoms with Crippen molar-refractivity contribution in [2.24, 2.45) is 0 Å². The highest BCUT2D eigenvalue weighted by Gasteiger charge is 2.15. The van der Waals surface area contributed by atoms with Crippen LogP contribution in [0.1, 0.15) is 5.56 Å². The highest BCUT2D eigenvalue weighted by molar-refractivity contribution is 9.10. The molecule has 0 saturated carbocycles. The zero-order valence-corrected chi connectivity index (χ0v) is 12.6. The first-order valence-electron chi connectivity index (χ1n) is 6.14. The molecule has 0 aliphatic carbocycles. The minimum absolute atomic E-state index is 0.0682. The van der Waals surface area contributed by atoms with E-state index >= 15 is 0 Å². The van der Waals surface area contributed by atoms with Gasteiger partial charge in [-0.1, -0.05) is 33.2 Å². The summed E-state index contributed by atoms with van der Waals surface area (Å²) in [6.45, 7) is 1.97. The zero-order chi connectivity index (χ0) is 15.0. The van der Waals surface area contributed by atoms with Crippen molar-refractivity contribution in [2.45, 2.75) is 6.92 Å². The van der Waals surface area contributed by atoms with Crippen LogP contribution in [-0.2, 0) is 0 Å². The van der Waals surface area contributed by atoms with Gasteiger partial charge < -0.3 is 9.63 Å². The van der Waals surface area contributed by atoms with Gasteiger partial charge in [0.25, 0.3) is 5.89 Å². The molecule has 0 radical (unpaired) electrons. The van der Waals surface area contributed by atoms with Gasteiger partial charge >= 0.3 is 0 Å². The third-order valence-electron chi connectivity index (χ3n) is 3.05. The van der Waals surface area contributed by atoms with E-state index in [1.54, 1.807) is 0 Å². The van der Waals surface area contributed by atoms with E-state index in [2.05, 4.69) is 26.1 Å². The average Bonchev–Trinajstić information content (AvgIpc) is 2.94. The number of hydrogen-bond donors (Lipinski definition) is 1. The van der Waals surface area contributed by atoms with E-state index in [1.165, 1.54) is 6.07 Å². The molecule has 1 N–H and O–H groups in total. The third kappa shape index (κ3) is 2.67. The molecule has 1 aromatic heterocycles. The number of hydrogen-bond acceptors (Lipinski definition) is 4. The smallest absolute Gasteiger partial charge is 0.262 e. The molecule has 21 heavy (non-hydrogen) atoms. The standard InChI is InChI=1S/C15H10BrFN2O2/c1-8-2-3-9(6-12(8)16)14-18-15(21-19-14)11-7-10(17)4-5-13(11)20/h2-7,20H,1H3. The van der Waals surface area contributed by atoms with Crippen molar-refractivity contribution in [2.75, 3.05) is 0 Å². The van der Waals surface area contributed by atoms with Crippen molar-refractivity contribution < 1.29 is 14.0 Å². The molecule has 4 nitrogen and oxygen atoms in total. The van der Waals surface area contributed by atoms with Gasteiger partial charge in [-0.3, -0.25) is 0 Å². The Hall–Kier alpha value is -2.21. The van der Waals surface area contributed by atoms with Gasteiger partial charge in [0.2, 0.25) is 5.82 Å². The second-order valence-electron chi connectivity index (χ2n) is 4.55. The molecule has 1 heterocycles. The van der Waals surface area contributed by atoms with Crippen LogP contribution >= 0.6 is 15.9 Å². The fraction of sp³-hybridized carbons (Fsp3) is 0.0667. The Kier molecular flexibility index (Phi) is 3.47. The van der Waals surface area contributed by atoms with E-state index < -0.39 is 5.82 Å². The molecule has 0 atom stereocenters. The number of phenolic OH excluding ortho intramolecular Hbond substituents is 1. The maximum atomic E-state index is 13.3. The number of aromatic nitrogens is 2. The summed E-state index contributed by atoms with van der Waals surface area (Å²) in [5, 5.41) is 13.6. The Bertz CT molecular complexity index is 817. The summed E-state index contributed by atoms with van der Waals surface area (Å²) in [4.78, 5) is 4.20. The third-order valence-corrected chi connectivity index (χ3v) is 3.90. The van der Waals surface area contributed by atoms with Crippen molar-refractivity contribution in [1.82, 2.24) is 10.1 Å². The summed E-state index contributed by atoms with van der Waals surface area (Å²) in [5.41, 5.74) is 2.02.